The quantitative estimate of drug-likeness (QED) is 0.764. The summed E-state index contributed by atoms with van der Waals surface area (Å²) in [6, 6.07) is 14.1. The van der Waals surface area contributed by atoms with Crippen LogP contribution in [0.15, 0.2) is 42.5 Å². The van der Waals surface area contributed by atoms with E-state index in [1.165, 1.54) is 4.70 Å². The van der Waals surface area contributed by atoms with E-state index in [4.69, 9.17) is 0 Å². The van der Waals surface area contributed by atoms with Gasteiger partial charge in [-0.1, -0.05) is 30.3 Å². The van der Waals surface area contributed by atoms with E-state index < -0.39 is 0 Å². The van der Waals surface area contributed by atoms with E-state index in [1.807, 2.05) is 62.2 Å². The number of carbonyl (C=O) groups excluding carboxylic acids is 1. The molecule has 0 aliphatic rings. The summed E-state index contributed by atoms with van der Waals surface area (Å²) < 4.78 is 1.18. The zero-order valence-electron chi connectivity index (χ0n) is 14.2. The van der Waals surface area contributed by atoms with Crippen molar-refractivity contribution >= 4 is 33.1 Å². The first-order valence-corrected chi connectivity index (χ1v) is 8.73. The van der Waals surface area contributed by atoms with Gasteiger partial charge in [0.15, 0.2) is 0 Å². The van der Waals surface area contributed by atoms with Crippen LogP contribution in [0.5, 0.6) is 0 Å². The van der Waals surface area contributed by atoms with Gasteiger partial charge in [-0.25, -0.2) is 4.98 Å². The summed E-state index contributed by atoms with van der Waals surface area (Å²) in [5.74, 6) is -0.00369. The standard InChI is InChI=1S/C19H21N3OS/c1-13-7-6-8-14(2)19(13)21-17(23)11-22(3)12-18-20-15-9-4-5-10-16(15)24-18/h4-10H,11-12H2,1-3H3,(H,21,23). The number of aryl methyl sites for hydroxylation is 2. The molecule has 1 amide bonds. The number of carbonyl (C=O) groups is 1. The summed E-state index contributed by atoms with van der Waals surface area (Å²) in [6.07, 6.45) is 0. The van der Waals surface area contributed by atoms with E-state index in [0.717, 1.165) is 27.3 Å². The van der Waals surface area contributed by atoms with E-state index in [1.54, 1.807) is 11.3 Å². The molecule has 3 rings (SSSR count). The molecule has 1 aromatic heterocycles. The van der Waals surface area contributed by atoms with Gasteiger partial charge in [0, 0.05) is 5.69 Å². The van der Waals surface area contributed by atoms with Crippen LogP contribution >= 0.6 is 11.3 Å². The van der Waals surface area contributed by atoms with Crippen molar-refractivity contribution in [2.75, 3.05) is 18.9 Å². The number of amides is 1. The molecular formula is C19H21N3OS. The van der Waals surface area contributed by atoms with Crippen LogP contribution in [0.4, 0.5) is 5.69 Å². The predicted octanol–water partition coefficient (Wildman–Crippen LogP) is 3.98. The lowest BCUT2D eigenvalue weighted by molar-refractivity contribution is -0.117. The number of hydrogen-bond acceptors (Lipinski definition) is 4. The van der Waals surface area contributed by atoms with Gasteiger partial charge in [0.2, 0.25) is 5.91 Å². The number of thiazole rings is 1. The van der Waals surface area contributed by atoms with Crippen molar-refractivity contribution < 1.29 is 4.79 Å². The van der Waals surface area contributed by atoms with E-state index in [9.17, 15) is 4.79 Å². The van der Waals surface area contributed by atoms with Crippen LogP contribution in [0.25, 0.3) is 10.2 Å². The topological polar surface area (TPSA) is 45.2 Å². The van der Waals surface area contributed by atoms with Gasteiger partial charge in [-0.3, -0.25) is 9.69 Å². The number of likely N-dealkylation sites (N-methyl/N-ethyl adjacent to an activating group) is 1. The van der Waals surface area contributed by atoms with Crippen molar-refractivity contribution in [3.63, 3.8) is 0 Å². The van der Waals surface area contributed by atoms with Gasteiger partial charge >= 0.3 is 0 Å². The first-order valence-electron chi connectivity index (χ1n) is 7.92. The lowest BCUT2D eigenvalue weighted by Gasteiger charge is -2.16. The number of nitrogens with zero attached hydrogens (tertiary/aromatic N) is 2. The highest BCUT2D eigenvalue weighted by molar-refractivity contribution is 7.18. The second-order valence-electron chi connectivity index (χ2n) is 6.06. The van der Waals surface area contributed by atoms with Gasteiger partial charge in [-0.2, -0.15) is 0 Å². The second-order valence-corrected chi connectivity index (χ2v) is 7.18. The molecule has 24 heavy (non-hydrogen) atoms. The molecule has 0 aliphatic carbocycles. The Bertz CT molecular complexity index is 819. The van der Waals surface area contributed by atoms with Crippen molar-refractivity contribution in [3.05, 3.63) is 58.6 Å². The molecule has 0 aliphatic heterocycles. The molecule has 2 aromatic carbocycles. The van der Waals surface area contributed by atoms with Crippen LogP contribution in [0.3, 0.4) is 0 Å². The van der Waals surface area contributed by atoms with Crippen LogP contribution in [0.1, 0.15) is 16.1 Å². The highest BCUT2D eigenvalue weighted by Gasteiger charge is 2.12. The molecule has 4 nitrogen and oxygen atoms in total. The third-order valence-corrected chi connectivity index (χ3v) is 4.92. The maximum atomic E-state index is 12.3. The van der Waals surface area contributed by atoms with Gasteiger partial charge in [0.1, 0.15) is 5.01 Å². The van der Waals surface area contributed by atoms with E-state index in [0.29, 0.717) is 13.1 Å². The largest absolute Gasteiger partial charge is 0.324 e. The van der Waals surface area contributed by atoms with E-state index in [2.05, 4.69) is 16.4 Å². The smallest absolute Gasteiger partial charge is 0.238 e. The third kappa shape index (κ3) is 3.80. The van der Waals surface area contributed by atoms with Crippen molar-refractivity contribution in [2.45, 2.75) is 20.4 Å². The number of benzene rings is 2. The Hall–Kier alpha value is -2.24. The number of aromatic nitrogens is 1. The Morgan fingerprint density at radius 3 is 2.54 bits per heavy atom. The summed E-state index contributed by atoms with van der Waals surface area (Å²) in [5, 5.41) is 4.05. The minimum Gasteiger partial charge on any atom is -0.324 e. The summed E-state index contributed by atoms with van der Waals surface area (Å²) in [6.45, 7) is 5.02. The van der Waals surface area contributed by atoms with Crippen molar-refractivity contribution in [2.24, 2.45) is 0 Å². The number of nitrogens with one attached hydrogen (secondary N) is 1. The molecule has 0 unspecified atom stereocenters. The van der Waals surface area contributed by atoms with E-state index in [-0.39, 0.29) is 5.91 Å². The van der Waals surface area contributed by atoms with E-state index >= 15 is 0 Å². The Morgan fingerprint density at radius 1 is 1.12 bits per heavy atom. The molecule has 1 N–H and O–H groups in total. The SMILES string of the molecule is Cc1cccc(C)c1NC(=O)CN(C)Cc1nc2ccccc2s1. The number of hydrogen-bond donors (Lipinski definition) is 1. The van der Waals surface area contributed by atoms with Crippen LogP contribution < -0.4 is 5.32 Å². The third-order valence-electron chi connectivity index (χ3n) is 3.90. The molecule has 0 bridgehead atoms. The zero-order chi connectivity index (χ0) is 17.1. The lowest BCUT2D eigenvalue weighted by Crippen LogP contribution is -2.30. The number of fused-ring (bicyclic) bond motifs is 1. The highest BCUT2D eigenvalue weighted by atomic mass is 32.1. The first kappa shape index (κ1) is 16.6. The van der Waals surface area contributed by atoms with Gasteiger partial charge in [0.05, 0.1) is 23.3 Å². The molecule has 3 aromatic rings. The zero-order valence-corrected chi connectivity index (χ0v) is 15.0. The molecule has 0 spiro atoms. The molecular weight excluding hydrogens is 318 g/mol. The lowest BCUT2D eigenvalue weighted by atomic mass is 10.1. The second kappa shape index (κ2) is 7.11. The molecule has 0 fully saturated rings. The minimum absolute atomic E-state index is 0.00369. The van der Waals surface area contributed by atoms with Crippen molar-refractivity contribution in [1.82, 2.24) is 9.88 Å². The Kier molecular flexibility index (Phi) is 4.92. The fraction of sp³-hybridized carbons (Fsp3) is 0.263. The number of para-hydroxylation sites is 2. The fourth-order valence-corrected chi connectivity index (χ4v) is 3.76. The van der Waals surface area contributed by atoms with Crippen LogP contribution in [0, 0.1) is 13.8 Å². The summed E-state index contributed by atoms with van der Waals surface area (Å²) >= 11 is 1.68. The molecule has 0 saturated heterocycles. The first-order chi connectivity index (χ1) is 11.5. The van der Waals surface area contributed by atoms with Gasteiger partial charge in [-0.05, 0) is 44.2 Å². The van der Waals surface area contributed by atoms with Crippen LogP contribution in [0.2, 0.25) is 0 Å². The normalized spacial score (nSPS) is 11.2. The van der Waals surface area contributed by atoms with Crippen LogP contribution in [-0.2, 0) is 11.3 Å². The summed E-state index contributed by atoms with van der Waals surface area (Å²) in [5.41, 5.74) is 4.09. The average molecular weight is 339 g/mol. The van der Waals surface area contributed by atoms with Crippen molar-refractivity contribution in [3.8, 4) is 0 Å². The molecule has 1 heterocycles. The van der Waals surface area contributed by atoms with Gasteiger partial charge in [0.25, 0.3) is 0 Å². The Balaban J connectivity index is 1.62. The monoisotopic (exact) mass is 339 g/mol. The number of rotatable bonds is 5. The minimum atomic E-state index is -0.00369. The Labute approximate surface area is 146 Å². The fourth-order valence-electron chi connectivity index (χ4n) is 2.71. The van der Waals surface area contributed by atoms with Gasteiger partial charge in [-0.15, -0.1) is 11.3 Å². The maximum absolute atomic E-state index is 12.3. The summed E-state index contributed by atoms with van der Waals surface area (Å²) in [4.78, 5) is 18.9. The molecule has 124 valence electrons. The predicted molar refractivity (Wildman–Crippen MR) is 100 cm³/mol. The average Bonchev–Trinajstić information content (AvgIpc) is 2.93. The van der Waals surface area contributed by atoms with Crippen LogP contribution in [-0.4, -0.2) is 29.4 Å². The molecule has 0 saturated carbocycles. The number of anilines is 1. The molecule has 0 atom stereocenters. The Morgan fingerprint density at radius 2 is 1.83 bits per heavy atom. The highest BCUT2D eigenvalue weighted by Crippen LogP contribution is 2.22. The summed E-state index contributed by atoms with van der Waals surface area (Å²) in [7, 11) is 1.94. The molecule has 0 radical (unpaired) electrons. The molecule has 5 heteroatoms. The maximum Gasteiger partial charge on any atom is 0.238 e. The van der Waals surface area contributed by atoms with Crippen molar-refractivity contribution in [1.29, 1.82) is 0 Å². The van der Waals surface area contributed by atoms with Gasteiger partial charge < -0.3 is 5.32 Å².